The number of aliphatic hydroxyl groups is 6. The van der Waals surface area contributed by atoms with E-state index in [1.54, 1.807) is 0 Å². The van der Waals surface area contributed by atoms with Crippen LogP contribution in [0, 0.1) is 0 Å². The minimum Gasteiger partial charge on any atom is -0.507 e. The Kier molecular flexibility index (Phi) is 9.45. The number of methoxy groups -OCH3 is 4. The molecule has 2 aromatic carbocycles. The summed E-state index contributed by atoms with van der Waals surface area (Å²) >= 11 is 0. The van der Waals surface area contributed by atoms with E-state index >= 15 is 0 Å². The van der Waals surface area contributed by atoms with Gasteiger partial charge in [0.15, 0.2) is 29.0 Å². The molecule has 0 saturated carbocycles. The highest BCUT2D eigenvalue weighted by molar-refractivity contribution is 6.02. The number of phenolic OH excluding ortho intramolecular Hbond substituents is 1. The molecule has 0 amide bonds. The second-order valence-corrected chi connectivity index (χ2v) is 10.3. The summed E-state index contributed by atoms with van der Waals surface area (Å²) in [6.45, 7) is -0.908. The fourth-order valence-electron chi connectivity index (χ4n) is 5.26. The molecule has 3 aromatic rings. The lowest BCUT2D eigenvalue weighted by molar-refractivity contribution is -0.307. The highest BCUT2D eigenvalue weighted by Gasteiger charge is 2.47. The topological polar surface area (TPSA) is 246 Å². The van der Waals surface area contributed by atoms with Gasteiger partial charge in [-0.3, -0.25) is 4.79 Å². The molecule has 0 radical (unpaired) electrons. The van der Waals surface area contributed by atoms with Gasteiger partial charge in [-0.15, -0.1) is 0 Å². The van der Waals surface area contributed by atoms with Gasteiger partial charge in [0.05, 0.1) is 41.7 Å². The number of rotatable bonds is 9. The quantitative estimate of drug-likeness (QED) is 0.129. The molecular weight excluding hydrogens is 608 g/mol. The van der Waals surface area contributed by atoms with E-state index in [2.05, 4.69) is 0 Å². The first-order valence-electron chi connectivity index (χ1n) is 13.6. The first-order valence-corrected chi connectivity index (χ1v) is 13.6. The Balaban J connectivity index is 1.58. The molecule has 1 aromatic heterocycles. The zero-order valence-electron chi connectivity index (χ0n) is 24.5. The van der Waals surface area contributed by atoms with Crippen LogP contribution in [-0.4, -0.2) is 133 Å². The van der Waals surface area contributed by atoms with Crippen LogP contribution >= 0.6 is 0 Å². The number of benzene rings is 2. The molecule has 3 heterocycles. The summed E-state index contributed by atoms with van der Waals surface area (Å²) in [4.78, 5) is 14.0. The van der Waals surface area contributed by atoms with Crippen molar-refractivity contribution in [1.29, 1.82) is 0 Å². The summed E-state index contributed by atoms with van der Waals surface area (Å²) in [5.74, 6) is -1.15. The molecule has 9 atom stereocenters. The van der Waals surface area contributed by atoms with Crippen LogP contribution in [0.25, 0.3) is 21.9 Å². The van der Waals surface area contributed by atoms with Crippen LogP contribution in [0.1, 0.15) is 0 Å². The van der Waals surface area contributed by atoms with Crippen molar-refractivity contribution in [3.8, 4) is 34.5 Å². The van der Waals surface area contributed by atoms with E-state index in [1.165, 1.54) is 40.6 Å². The molecule has 0 spiro atoms. The fourth-order valence-corrected chi connectivity index (χ4v) is 5.26. The van der Waals surface area contributed by atoms with Crippen LogP contribution in [-0.2, 0) is 14.2 Å². The summed E-state index contributed by atoms with van der Waals surface area (Å²) < 4.78 is 50.2. The Morgan fingerprint density at radius 2 is 1.38 bits per heavy atom. The van der Waals surface area contributed by atoms with Gasteiger partial charge in [0.25, 0.3) is 0 Å². The molecule has 5 rings (SSSR count). The average molecular weight is 643 g/mol. The van der Waals surface area contributed by atoms with Gasteiger partial charge in [0.2, 0.25) is 29.0 Å². The highest BCUT2D eigenvalue weighted by Crippen LogP contribution is 2.52. The maximum Gasteiger partial charge on any atom is 0.229 e. The number of hydrogen-bond donors (Lipinski definition) is 7. The first kappa shape index (κ1) is 32.7. The Morgan fingerprint density at radius 3 is 2.02 bits per heavy atom. The summed E-state index contributed by atoms with van der Waals surface area (Å²) in [6.07, 6.45) is -14.7. The molecule has 0 aliphatic carbocycles. The van der Waals surface area contributed by atoms with Crippen molar-refractivity contribution in [2.75, 3.05) is 41.7 Å². The van der Waals surface area contributed by atoms with Crippen LogP contribution in [0.15, 0.2) is 21.3 Å². The predicted octanol–water partition coefficient (Wildman–Crippen LogP) is -1.67. The zero-order valence-corrected chi connectivity index (χ0v) is 24.5. The molecule has 45 heavy (non-hydrogen) atoms. The van der Waals surface area contributed by atoms with Gasteiger partial charge in [-0.25, -0.2) is 0 Å². The van der Waals surface area contributed by atoms with E-state index in [-0.39, 0.29) is 51.5 Å². The third-order valence-electron chi connectivity index (χ3n) is 7.65. The molecule has 9 unspecified atom stereocenters. The van der Waals surface area contributed by atoms with Gasteiger partial charge >= 0.3 is 0 Å². The molecule has 17 nitrogen and oxygen atoms in total. The lowest BCUT2D eigenvalue weighted by atomic mass is 9.99. The van der Waals surface area contributed by atoms with Gasteiger partial charge in [0, 0.05) is 0 Å². The lowest BCUT2D eigenvalue weighted by Crippen LogP contribution is -2.61. The number of aromatic hydroxyl groups is 1. The number of ether oxygens (including phenoxy) is 8. The van der Waals surface area contributed by atoms with Gasteiger partial charge < -0.3 is 78.1 Å². The summed E-state index contributed by atoms with van der Waals surface area (Å²) in [7, 11) is 5.13. The van der Waals surface area contributed by atoms with Crippen LogP contribution in [0.2, 0.25) is 0 Å². The van der Waals surface area contributed by atoms with E-state index in [4.69, 9.17) is 42.3 Å². The molecule has 2 aliphatic rings. The Labute approximate surface area is 254 Å². The van der Waals surface area contributed by atoms with Crippen LogP contribution in [0.4, 0.5) is 0 Å². The summed E-state index contributed by atoms with van der Waals surface area (Å²) in [5, 5.41) is 71.9. The fraction of sp³-hybridized carbons (Fsp3) is 0.536. The molecule has 0 bridgehead atoms. The monoisotopic (exact) mass is 642 g/mol. The van der Waals surface area contributed by atoms with Crippen molar-refractivity contribution >= 4 is 21.9 Å². The van der Waals surface area contributed by atoms with Crippen molar-refractivity contribution in [3.63, 3.8) is 0 Å². The molecule has 2 saturated heterocycles. The smallest absolute Gasteiger partial charge is 0.229 e. The standard InChI is InChI=1S/C28H34O17/c1-37-11-6-5-9(29)13-17(33)14-22(44-21(11)13)24(38-2)26(40-4)25(39-3)23(14)45-28-20(36)18(34)16(32)12(43-28)8-42-27-19(35)15(31)10(30)7-41-27/h5-6,10,12,15-16,18-20,27-32,34-36H,7-8H2,1-4H3. The average Bonchev–Trinajstić information content (AvgIpc) is 3.03. The van der Waals surface area contributed by atoms with Crippen molar-refractivity contribution in [3.05, 3.63) is 22.4 Å². The van der Waals surface area contributed by atoms with E-state index in [1.807, 2.05) is 0 Å². The molecular formula is C28H34O17. The van der Waals surface area contributed by atoms with E-state index < -0.39 is 78.8 Å². The molecule has 2 aliphatic heterocycles. The Bertz CT molecular complexity index is 1590. The van der Waals surface area contributed by atoms with Gasteiger partial charge in [-0.2, -0.15) is 0 Å². The minimum atomic E-state index is -1.90. The van der Waals surface area contributed by atoms with Crippen molar-refractivity contribution < 1.29 is 78.1 Å². The first-order chi connectivity index (χ1) is 21.5. The summed E-state index contributed by atoms with van der Waals surface area (Å²) in [6, 6.07) is 2.61. The number of hydrogen-bond acceptors (Lipinski definition) is 17. The van der Waals surface area contributed by atoms with E-state index in [0.29, 0.717) is 0 Å². The van der Waals surface area contributed by atoms with Gasteiger partial charge in [-0.1, -0.05) is 0 Å². The van der Waals surface area contributed by atoms with Gasteiger partial charge in [-0.05, 0) is 12.1 Å². The van der Waals surface area contributed by atoms with Crippen molar-refractivity contribution in [2.24, 2.45) is 0 Å². The Hall–Kier alpha value is -3.65. The predicted molar refractivity (Wildman–Crippen MR) is 149 cm³/mol. The van der Waals surface area contributed by atoms with Crippen LogP contribution in [0.5, 0.6) is 34.5 Å². The van der Waals surface area contributed by atoms with Crippen LogP contribution in [0.3, 0.4) is 0 Å². The number of aliphatic hydroxyl groups excluding tert-OH is 6. The second-order valence-electron chi connectivity index (χ2n) is 10.3. The SMILES string of the molecule is COc1c(OC)c(OC2OC(COC3OCC(O)C(O)C3O)C(O)C(O)C2O)c2c(=O)c3c(O)ccc(OC)c3oc2c1OC. The largest absolute Gasteiger partial charge is 0.507 e. The zero-order chi connectivity index (χ0) is 32.7. The van der Waals surface area contributed by atoms with E-state index in [0.717, 1.165) is 0 Å². The van der Waals surface area contributed by atoms with Gasteiger partial charge in [0.1, 0.15) is 59.2 Å². The summed E-state index contributed by atoms with van der Waals surface area (Å²) in [5.41, 5.74) is -1.17. The van der Waals surface area contributed by atoms with Crippen molar-refractivity contribution in [2.45, 2.75) is 55.3 Å². The van der Waals surface area contributed by atoms with Crippen LogP contribution < -0.4 is 29.1 Å². The molecule has 7 N–H and O–H groups in total. The maximum atomic E-state index is 14.0. The lowest BCUT2D eigenvalue weighted by Gasteiger charge is -2.41. The minimum absolute atomic E-state index is 0.0914. The normalized spacial score (nSPS) is 30.3. The maximum absolute atomic E-state index is 14.0. The Morgan fingerprint density at radius 1 is 0.733 bits per heavy atom. The highest BCUT2D eigenvalue weighted by atomic mass is 16.7. The molecule has 248 valence electrons. The molecule has 17 heteroatoms. The third kappa shape index (κ3) is 5.56. The second kappa shape index (κ2) is 13.0. The molecule has 2 fully saturated rings. The van der Waals surface area contributed by atoms with E-state index in [9.17, 15) is 40.5 Å². The number of fused-ring (bicyclic) bond motifs is 2. The van der Waals surface area contributed by atoms with Crippen molar-refractivity contribution in [1.82, 2.24) is 0 Å². The third-order valence-corrected chi connectivity index (χ3v) is 7.65. The number of phenols is 1.